The molecule has 2 N–H and O–H groups in total. The number of anilines is 1. The van der Waals surface area contributed by atoms with Gasteiger partial charge in [0.15, 0.2) is 0 Å². The van der Waals surface area contributed by atoms with Gasteiger partial charge in [0.25, 0.3) is 0 Å². The third kappa shape index (κ3) is 3.03. The molecule has 0 amide bonds. The van der Waals surface area contributed by atoms with E-state index < -0.39 is 11.7 Å². The smallest absolute Gasteiger partial charge is 0.399 e. The molecule has 2 aromatic rings. The normalized spacial score (nSPS) is 11.5. The van der Waals surface area contributed by atoms with E-state index >= 15 is 0 Å². The Labute approximate surface area is 103 Å². The summed E-state index contributed by atoms with van der Waals surface area (Å²) in [5.41, 5.74) is 7.48. The molecule has 2 rings (SSSR count). The van der Waals surface area contributed by atoms with E-state index in [9.17, 15) is 13.2 Å². The van der Waals surface area contributed by atoms with Crippen molar-refractivity contribution in [3.63, 3.8) is 0 Å². The molecule has 0 aliphatic rings. The lowest BCUT2D eigenvalue weighted by Crippen LogP contribution is -2.04. The predicted octanol–water partition coefficient (Wildman–Crippen LogP) is 3.88. The second kappa shape index (κ2) is 4.72. The summed E-state index contributed by atoms with van der Waals surface area (Å²) >= 11 is 0. The molecule has 0 aromatic heterocycles. The summed E-state index contributed by atoms with van der Waals surface area (Å²) in [7, 11) is 0. The maximum absolute atomic E-state index is 12.4. The van der Waals surface area contributed by atoms with Crippen molar-refractivity contribution in [2.45, 2.75) is 12.6 Å². The van der Waals surface area contributed by atoms with Crippen molar-refractivity contribution in [1.82, 2.24) is 0 Å². The Bertz CT molecular complexity index is 529. The van der Waals surface area contributed by atoms with Crippen LogP contribution in [0.5, 0.6) is 0 Å². The van der Waals surface area contributed by atoms with Crippen LogP contribution in [0.25, 0.3) is 0 Å². The lowest BCUT2D eigenvalue weighted by atomic mass is 10.0. The Kier molecular flexibility index (Phi) is 3.28. The number of nitrogen functional groups attached to an aromatic ring is 1. The zero-order valence-corrected chi connectivity index (χ0v) is 9.54. The number of nitrogens with two attached hydrogens (primary N) is 1. The van der Waals surface area contributed by atoms with E-state index in [1.54, 1.807) is 6.07 Å². The van der Waals surface area contributed by atoms with Crippen molar-refractivity contribution in [1.29, 1.82) is 0 Å². The summed E-state index contributed by atoms with van der Waals surface area (Å²) in [5, 5.41) is 0. The van der Waals surface area contributed by atoms with Crippen LogP contribution in [0.15, 0.2) is 48.5 Å². The zero-order chi connectivity index (χ0) is 13.2. The van der Waals surface area contributed by atoms with Crippen molar-refractivity contribution >= 4 is 5.69 Å². The fourth-order valence-corrected chi connectivity index (χ4v) is 1.75. The van der Waals surface area contributed by atoms with Crippen molar-refractivity contribution in [2.24, 2.45) is 0 Å². The van der Waals surface area contributed by atoms with Gasteiger partial charge in [-0.25, -0.2) is 0 Å². The molecule has 0 radical (unpaired) electrons. The van der Waals surface area contributed by atoms with Crippen LogP contribution in [0.1, 0.15) is 16.7 Å². The fourth-order valence-electron chi connectivity index (χ4n) is 1.75. The van der Waals surface area contributed by atoms with Gasteiger partial charge < -0.3 is 5.73 Å². The van der Waals surface area contributed by atoms with E-state index in [0.29, 0.717) is 12.1 Å². The molecule has 0 bridgehead atoms. The third-order valence-corrected chi connectivity index (χ3v) is 2.64. The van der Waals surface area contributed by atoms with Crippen LogP contribution in [0.3, 0.4) is 0 Å². The van der Waals surface area contributed by atoms with Crippen molar-refractivity contribution in [2.75, 3.05) is 5.73 Å². The van der Waals surface area contributed by atoms with Gasteiger partial charge in [-0.1, -0.05) is 24.3 Å². The van der Waals surface area contributed by atoms with Crippen LogP contribution in [0.2, 0.25) is 0 Å². The van der Waals surface area contributed by atoms with Gasteiger partial charge in [0.2, 0.25) is 0 Å². The minimum absolute atomic E-state index is 0.573. The minimum Gasteiger partial charge on any atom is -0.399 e. The number of hydrogen-bond donors (Lipinski definition) is 1. The summed E-state index contributed by atoms with van der Waals surface area (Å²) in [6.07, 6.45) is -3.71. The molecule has 0 saturated carbocycles. The van der Waals surface area contributed by atoms with Gasteiger partial charge in [0.1, 0.15) is 0 Å². The molecule has 0 aliphatic carbocycles. The van der Waals surface area contributed by atoms with E-state index in [0.717, 1.165) is 23.3 Å². The summed E-state index contributed by atoms with van der Waals surface area (Å²) in [6, 6.07) is 12.5. The van der Waals surface area contributed by atoms with Gasteiger partial charge >= 0.3 is 6.18 Å². The molecule has 94 valence electrons. The molecule has 0 fully saturated rings. The van der Waals surface area contributed by atoms with E-state index in [1.807, 2.05) is 18.2 Å². The first-order valence-electron chi connectivity index (χ1n) is 5.46. The zero-order valence-electron chi connectivity index (χ0n) is 9.54. The first kappa shape index (κ1) is 12.5. The Morgan fingerprint density at radius 1 is 0.889 bits per heavy atom. The van der Waals surface area contributed by atoms with Crippen molar-refractivity contribution in [3.05, 3.63) is 65.2 Å². The Morgan fingerprint density at radius 3 is 2.11 bits per heavy atom. The van der Waals surface area contributed by atoms with Crippen LogP contribution < -0.4 is 5.73 Å². The van der Waals surface area contributed by atoms with Gasteiger partial charge in [-0.2, -0.15) is 13.2 Å². The predicted molar refractivity (Wildman–Crippen MR) is 65.1 cm³/mol. The third-order valence-electron chi connectivity index (χ3n) is 2.64. The molecule has 0 unspecified atom stereocenters. The first-order valence-corrected chi connectivity index (χ1v) is 5.46. The first-order chi connectivity index (χ1) is 8.45. The summed E-state index contributed by atoms with van der Waals surface area (Å²) in [6.45, 7) is 0. The van der Waals surface area contributed by atoms with Crippen LogP contribution in [-0.2, 0) is 12.6 Å². The number of halogens is 3. The highest BCUT2D eigenvalue weighted by atomic mass is 19.4. The highest BCUT2D eigenvalue weighted by Gasteiger charge is 2.29. The molecule has 0 saturated heterocycles. The average Bonchev–Trinajstić information content (AvgIpc) is 2.28. The second-order valence-corrected chi connectivity index (χ2v) is 4.12. The number of alkyl halides is 3. The van der Waals surface area contributed by atoms with Crippen LogP contribution in [0.4, 0.5) is 18.9 Å². The van der Waals surface area contributed by atoms with E-state index in [-0.39, 0.29) is 0 Å². The maximum atomic E-state index is 12.4. The van der Waals surface area contributed by atoms with E-state index in [4.69, 9.17) is 5.73 Å². The minimum atomic E-state index is -4.28. The molecule has 0 atom stereocenters. The van der Waals surface area contributed by atoms with Crippen LogP contribution >= 0.6 is 0 Å². The summed E-state index contributed by atoms with van der Waals surface area (Å²) < 4.78 is 37.1. The molecule has 18 heavy (non-hydrogen) atoms. The largest absolute Gasteiger partial charge is 0.416 e. The molecular formula is C14H12F3N. The summed E-state index contributed by atoms with van der Waals surface area (Å²) in [5.74, 6) is 0. The number of hydrogen-bond acceptors (Lipinski definition) is 1. The van der Waals surface area contributed by atoms with Gasteiger partial charge in [-0.15, -0.1) is 0 Å². The topological polar surface area (TPSA) is 26.0 Å². The average molecular weight is 251 g/mol. The molecule has 0 aliphatic heterocycles. The number of benzene rings is 2. The Morgan fingerprint density at radius 2 is 1.56 bits per heavy atom. The standard InChI is InChI=1S/C14H12F3N/c15-14(16,17)12-6-4-10(5-7-12)8-11-2-1-3-13(18)9-11/h1-7,9H,8,18H2. The van der Waals surface area contributed by atoms with E-state index in [1.165, 1.54) is 12.1 Å². The molecular weight excluding hydrogens is 239 g/mol. The highest BCUT2D eigenvalue weighted by Crippen LogP contribution is 2.29. The monoisotopic (exact) mass is 251 g/mol. The number of rotatable bonds is 2. The second-order valence-electron chi connectivity index (χ2n) is 4.12. The van der Waals surface area contributed by atoms with Gasteiger partial charge in [0.05, 0.1) is 5.56 Å². The molecule has 0 spiro atoms. The Balaban J connectivity index is 2.16. The van der Waals surface area contributed by atoms with Crippen LogP contribution in [-0.4, -0.2) is 0 Å². The van der Waals surface area contributed by atoms with Gasteiger partial charge in [-0.05, 0) is 41.8 Å². The molecule has 4 heteroatoms. The van der Waals surface area contributed by atoms with Gasteiger partial charge in [-0.3, -0.25) is 0 Å². The highest BCUT2D eigenvalue weighted by molar-refractivity contribution is 5.42. The lowest BCUT2D eigenvalue weighted by molar-refractivity contribution is -0.137. The summed E-state index contributed by atoms with van der Waals surface area (Å²) in [4.78, 5) is 0. The van der Waals surface area contributed by atoms with Crippen LogP contribution in [0, 0.1) is 0 Å². The van der Waals surface area contributed by atoms with Gasteiger partial charge in [0, 0.05) is 5.69 Å². The SMILES string of the molecule is Nc1cccc(Cc2ccc(C(F)(F)F)cc2)c1. The quantitative estimate of drug-likeness (QED) is 0.805. The molecule has 2 aromatic carbocycles. The fraction of sp³-hybridized carbons (Fsp3) is 0.143. The Hall–Kier alpha value is -1.97. The maximum Gasteiger partial charge on any atom is 0.416 e. The molecule has 1 nitrogen and oxygen atoms in total. The van der Waals surface area contributed by atoms with Crippen molar-refractivity contribution in [3.8, 4) is 0 Å². The molecule has 0 heterocycles. The van der Waals surface area contributed by atoms with Crippen molar-refractivity contribution < 1.29 is 13.2 Å². The van der Waals surface area contributed by atoms with E-state index in [2.05, 4.69) is 0 Å². The lowest BCUT2D eigenvalue weighted by Gasteiger charge is -2.08.